The molecule has 0 aliphatic carbocycles. The van der Waals surface area contributed by atoms with Crippen molar-refractivity contribution in [3.8, 4) is 0 Å². The molecule has 5 nitrogen and oxygen atoms in total. The zero-order chi connectivity index (χ0) is 17.8. The number of aromatic nitrogens is 1. The molecule has 0 saturated heterocycles. The maximum absolute atomic E-state index is 12.0. The van der Waals surface area contributed by atoms with Gasteiger partial charge in [-0.3, -0.25) is 10.1 Å². The molecule has 126 valence electrons. The van der Waals surface area contributed by atoms with Gasteiger partial charge in [-0.2, -0.15) is 0 Å². The Kier molecular flexibility index (Phi) is 5.11. The van der Waals surface area contributed by atoms with Gasteiger partial charge in [-0.25, -0.2) is 9.78 Å². The highest BCUT2D eigenvalue weighted by Crippen LogP contribution is 2.27. The van der Waals surface area contributed by atoms with Crippen LogP contribution in [0.25, 0.3) is 16.3 Å². The lowest BCUT2D eigenvalue weighted by Crippen LogP contribution is -2.07. The van der Waals surface area contributed by atoms with Crippen molar-refractivity contribution in [1.29, 1.82) is 0 Å². The summed E-state index contributed by atoms with van der Waals surface area (Å²) in [6.45, 7) is 0. The van der Waals surface area contributed by atoms with Crippen LogP contribution in [-0.2, 0) is 9.53 Å². The Bertz CT molecular complexity index is 981. The van der Waals surface area contributed by atoms with E-state index in [1.807, 2.05) is 18.2 Å². The van der Waals surface area contributed by atoms with E-state index < -0.39 is 5.97 Å². The van der Waals surface area contributed by atoms with Crippen molar-refractivity contribution in [2.24, 2.45) is 0 Å². The summed E-state index contributed by atoms with van der Waals surface area (Å²) in [5, 5.41) is 3.73. The standard InChI is InChI=1S/C18H13ClN2O3S/c1-24-17(23)12-6-8-14-15(10-12)25-18(20-14)21-16(22)9-7-11-4-2-3-5-13(11)19/h2-10H,1H3,(H,20,21,22). The Balaban J connectivity index is 1.75. The van der Waals surface area contributed by atoms with Crippen molar-refractivity contribution < 1.29 is 14.3 Å². The van der Waals surface area contributed by atoms with Gasteiger partial charge >= 0.3 is 5.97 Å². The fourth-order valence-electron chi connectivity index (χ4n) is 2.15. The molecule has 0 bridgehead atoms. The van der Waals surface area contributed by atoms with E-state index in [-0.39, 0.29) is 5.91 Å². The van der Waals surface area contributed by atoms with Crippen LogP contribution >= 0.6 is 22.9 Å². The molecule has 1 heterocycles. The highest BCUT2D eigenvalue weighted by molar-refractivity contribution is 7.22. The van der Waals surface area contributed by atoms with Crippen molar-refractivity contribution in [3.63, 3.8) is 0 Å². The molecule has 3 aromatic rings. The van der Waals surface area contributed by atoms with E-state index in [0.29, 0.717) is 21.2 Å². The normalized spacial score (nSPS) is 11.0. The molecule has 3 rings (SSSR count). The van der Waals surface area contributed by atoms with Crippen molar-refractivity contribution >= 4 is 56.2 Å². The first-order valence-electron chi connectivity index (χ1n) is 7.29. The fourth-order valence-corrected chi connectivity index (χ4v) is 3.25. The van der Waals surface area contributed by atoms with Crippen LogP contribution in [-0.4, -0.2) is 24.0 Å². The second kappa shape index (κ2) is 7.46. The molecular weight excluding hydrogens is 360 g/mol. The molecule has 0 saturated carbocycles. The maximum Gasteiger partial charge on any atom is 0.337 e. The van der Waals surface area contributed by atoms with Crippen LogP contribution in [0, 0.1) is 0 Å². The summed E-state index contributed by atoms with van der Waals surface area (Å²) in [7, 11) is 1.33. The molecule has 25 heavy (non-hydrogen) atoms. The van der Waals surface area contributed by atoms with Crippen molar-refractivity contribution in [1.82, 2.24) is 4.98 Å². The maximum atomic E-state index is 12.0. The van der Waals surface area contributed by atoms with Gasteiger partial charge in [-0.15, -0.1) is 0 Å². The molecule has 0 spiro atoms. The van der Waals surface area contributed by atoms with Crippen LogP contribution < -0.4 is 5.32 Å². The third-order valence-electron chi connectivity index (χ3n) is 3.36. The van der Waals surface area contributed by atoms with Gasteiger partial charge in [0, 0.05) is 11.1 Å². The lowest BCUT2D eigenvalue weighted by Gasteiger charge is -1.97. The third-order valence-corrected chi connectivity index (χ3v) is 4.64. The average Bonchev–Trinajstić information content (AvgIpc) is 3.01. The van der Waals surface area contributed by atoms with E-state index in [4.69, 9.17) is 16.3 Å². The number of rotatable bonds is 4. The number of carbonyl (C=O) groups excluding carboxylic acids is 2. The molecule has 0 radical (unpaired) electrons. The number of methoxy groups -OCH3 is 1. The van der Waals surface area contributed by atoms with Gasteiger partial charge in [-0.05, 0) is 35.9 Å². The molecule has 7 heteroatoms. The number of benzene rings is 2. The number of esters is 1. The molecule has 1 N–H and O–H groups in total. The number of hydrogen-bond acceptors (Lipinski definition) is 5. The summed E-state index contributed by atoms with van der Waals surface area (Å²) >= 11 is 7.32. The molecule has 2 aromatic carbocycles. The van der Waals surface area contributed by atoms with Gasteiger partial charge in [0.05, 0.1) is 22.9 Å². The van der Waals surface area contributed by atoms with E-state index in [1.165, 1.54) is 24.5 Å². The van der Waals surface area contributed by atoms with Crippen LogP contribution in [0.15, 0.2) is 48.5 Å². The van der Waals surface area contributed by atoms with E-state index in [0.717, 1.165) is 10.3 Å². The number of thiazole rings is 1. The van der Waals surface area contributed by atoms with Crippen LogP contribution in [0.4, 0.5) is 5.13 Å². The minimum atomic E-state index is -0.413. The number of nitrogens with one attached hydrogen (secondary N) is 1. The fraction of sp³-hybridized carbons (Fsp3) is 0.0556. The average molecular weight is 373 g/mol. The summed E-state index contributed by atoms with van der Waals surface area (Å²) in [6.07, 6.45) is 3.04. The highest BCUT2D eigenvalue weighted by atomic mass is 35.5. The van der Waals surface area contributed by atoms with Gasteiger partial charge in [-0.1, -0.05) is 41.1 Å². The van der Waals surface area contributed by atoms with Gasteiger partial charge in [0.15, 0.2) is 5.13 Å². The Labute approximate surface area is 152 Å². The number of fused-ring (bicyclic) bond motifs is 1. The van der Waals surface area contributed by atoms with Crippen molar-refractivity contribution in [2.75, 3.05) is 12.4 Å². The van der Waals surface area contributed by atoms with Crippen LogP contribution in [0.1, 0.15) is 15.9 Å². The van der Waals surface area contributed by atoms with E-state index in [2.05, 4.69) is 10.3 Å². The molecule has 0 unspecified atom stereocenters. The van der Waals surface area contributed by atoms with Crippen LogP contribution in [0.3, 0.4) is 0 Å². The second-order valence-corrected chi connectivity index (χ2v) is 6.48. The summed E-state index contributed by atoms with van der Waals surface area (Å²) in [5.74, 6) is -0.726. The summed E-state index contributed by atoms with van der Waals surface area (Å²) in [4.78, 5) is 27.9. The Morgan fingerprint density at radius 3 is 2.80 bits per heavy atom. The summed E-state index contributed by atoms with van der Waals surface area (Å²) in [6, 6.07) is 12.3. The minimum Gasteiger partial charge on any atom is -0.465 e. The van der Waals surface area contributed by atoms with E-state index in [9.17, 15) is 9.59 Å². The highest BCUT2D eigenvalue weighted by Gasteiger charge is 2.10. The molecule has 1 amide bonds. The SMILES string of the molecule is COC(=O)c1ccc2nc(NC(=O)C=Cc3ccccc3Cl)sc2c1. The number of nitrogens with zero attached hydrogens (tertiary/aromatic N) is 1. The topological polar surface area (TPSA) is 68.3 Å². The Morgan fingerprint density at radius 1 is 1.24 bits per heavy atom. The van der Waals surface area contributed by atoms with Gasteiger partial charge < -0.3 is 4.74 Å². The number of hydrogen-bond donors (Lipinski definition) is 1. The summed E-state index contributed by atoms with van der Waals surface area (Å²) < 4.78 is 5.48. The van der Waals surface area contributed by atoms with Gasteiger partial charge in [0.25, 0.3) is 0 Å². The number of anilines is 1. The Morgan fingerprint density at radius 2 is 2.04 bits per heavy atom. The second-order valence-electron chi connectivity index (χ2n) is 5.04. The predicted molar refractivity (Wildman–Crippen MR) is 100 cm³/mol. The van der Waals surface area contributed by atoms with Crippen molar-refractivity contribution in [3.05, 3.63) is 64.7 Å². The van der Waals surface area contributed by atoms with Crippen LogP contribution in [0.5, 0.6) is 0 Å². The first-order valence-corrected chi connectivity index (χ1v) is 8.49. The Hall–Kier alpha value is -2.70. The third kappa shape index (κ3) is 4.04. The smallest absolute Gasteiger partial charge is 0.337 e. The zero-order valence-corrected chi connectivity index (χ0v) is 14.7. The number of carbonyl (C=O) groups is 2. The first kappa shape index (κ1) is 17.1. The molecule has 0 fully saturated rings. The van der Waals surface area contributed by atoms with Crippen molar-refractivity contribution in [2.45, 2.75) is 0 Å². The number of halogens is 1. The number of amides is 1. The van der Waals surface area contributed by atoms with Gasteiger partial charge in [0.1, 0.15) is 0 Å². The lowest BCUT2D eigenvalue weighted by atomic mass is 10.2. The quantitative estimate of drug-likeness (QED) is 0.544. The predicted octanol–water partition coefficient (Wildman–Crippen LogP) is 4.39. The lowest BCUT2D eigenvalue weighted by molar-refractivity contribution is -0.111. The van der Waals surface area contributed by atoms with Crippen LogP contribution in [0.2, 0.25) is 5.02 Å². The molecule has 0 aliphatic rings. The molecule has 0 atom stereocenters. The van der Waals surface area contributed by atoms with Gasteiger partial charge in [0.2, 0.25) is 5.91 Å². The minimum absolute atomic E-state index is 0.313. The first-order chi connectivity index (χ1) is 12.1. The number of ether oxygens (including phenoxy) is 1. The summed E-state index contributed by atoms with van der Waals surface area (Å²) in [5.41, 5.74) is 1.89. The van der Waals surface area contributed by atoms with E-state index in [1.54, 1.807) is 30.3 Å². The zero-order valence-electron chi connectivity index (χ0n) is 13.2. The monoisotopic (exact) mass is 372 g/mol. The molecule has 1 aromatic heterocycles. The van der Waals surface area contributed by atoms with E-state index >= 15 is 0 Å². The molecule has 0 aliphatic heterocycles. The molecular formula is C18H13ClN2O3S. The largest absolute Gasteiger partial charge is 0.465 e.